The summed E-state index contributed by atoms with van der Waals surface area (Å²) in [5.74, 6) is -6.35. The van der Waals surface area contributed by atoms with Crippen LogP contribution >= 0.6 is 0 Å². The molecule has 23 heteroatoms. The first kappa shape index (κ1) is 47.3. The van der Waals surface area contributed by atoms with Gasteiger partial charge in [0.2, 0.25) is 18.3 Å². The summed E-state index contributed by atoms with van der Waals surface area (Å²) in [6.45, 7) is -0.0789. The highest BCUT2D eigenvalue weighted by Gasteiger charge is 2.50. The van der Waals surface area contributed by atoms with Crippen molar-refractivity contribution in [3.63, 3.8) is 0 Å². The Morgan fingerprint density at radius 3 is 2.03 bits per heavy atom. The molecule has 65 heavy (non-hydrogen) atoms. The number of hydrogen-bond donors (Lipinski definition) is 14. The number of ether oxygens (including phenoxy) is 7. The van der Waals surface area contributed by atoms with Gasteiger partial charge in [-0.25, -0.2) is 9.21 Å². The van der Waals surface area contributed by atoms with Crippen LogP contribution in [-0.2, 0) is 28.5 Å². The number of aliphatic hydroxyl groups is 9. The van der Waals surface area contributed by atoms with Crippen LogP contribution in [0.3, 0.4) is 0 Å². The lowest BCUT2D eigenvalue weighted by atomic mass is 9.94. The van der Waals surface area contributed by atoms with Crippen molar-refractivity contribution < 1.29 is 114 Å². The Labute approximate surface area is 366 Å². The molecule has 0 bridgehead atoms. The maximum absolute atomic E-state index is 12.6. The van der Waals surface area contributed by atoms with Crippen LogP contribution in [0.15, 0.2) is 65.1 Å². The van der Waals surface area contributed by atoms with Gasteiger partial charge in [0.25, 0.3) is 0 Å². The maximum atomic E-state index is 12.6. The predicted molar refractivity (Wildman–Crippen MR) is 213 cm³/mol. The van der Waals surface area contributed by atoms with E-state index in [4.69, 9.17) is 37.6 Å². The summed E-state index contributed by atoms with van der Waals surface area (Å²) in [5, 5.41) is 146. The van der Waals surface area contributed by atoms with Gasteiger partial charge in [-0.15, -0.1) is 0 Å². The van der Waals surface area contributed by atoms with E-state index in [-0.39, 0.29) is 33.8 Å². The molecule has 0 saturated carbocycles. The molecular formula is C42H47O23+. The lowest BCUT2D eigenvalue weighted by molar-refractivity contribution is -0.319. The molecule has 352 valence electrons. The fourth-order valence-corrected chi connectivity index (χ4v) is 7.32. The molecule has 15 atom stereocenters. The van der Waals surface area contributed by atoms with Crippen molar-refractivity contribution in [3.05, 3.63) is 66.2 Å². The van der Waals surface area contributed by atoms with E-state index in [0.29, 0.717) is 5.56 Å². The normalized spacial score (nSPS) is 32.9. The van der Waals surface area contributed by atoms with Gasteiger partial charge in [-0.2, -0.15) is 0 Å². The largest absolute Gasteiger partial charge is 0.508 e. The van der Waals surface area contributed by atoms with Crippen LogP contribution in [0.5, 0.6) is 40.2 Å². The van der Waals surface area contributed by atoms with Gasteiger partial charge in [-0.3, -0.25) is 0 Å². The van der Waals surface area contributed by atoms with E-state index in [1.807, 2.05) is 0 Å². The van der Waals surface area contributed by atoms with Crippen LogP contribution in [0.2, 0.25) is 0 Å². The van der Waals surface area contributed by atoms with Crippen LogP contribution in [-0.4, -0.2) is 177 Å². The van der Waals surface area contributed by atoms with Gasteiger partial charge in [-0.05, 0) is 30.7 Å². The molecule has 4 heterocycles. The van der Waals surface area contributed by atoms with E-state index in [1.165, 1.54) is 43.3 Å². The summed E-state index contributed by atoms with van der Waals surface area (Å²) in [7, 11) is 0. The van der Waals surface area contributed by atoms with Gasteiger partial charge in [0.1, 0.15) is 65.4 Å². The van der Waals surface area contributed by atoms with Crippen LogP contribution in [0.25, 0.3) is 28.4 Å². The number of aromatic hydroxyl groups is 5. The van der Waals surface area contributed by atoms with Gasteiger partial charge < -0.3 is 105 Å². The van der Waals surface area contributed by atoms with Gasteiger partial charge in [-0.1, -0.05) is 12.1 Å². The average Bonchev–Trinajstić information content (AvgIpc) is 3.27. The SMILES string of the molecule is C[C@@H]1O[C@@H](OC[C@@H]2O[C@@H](Oc3cc4c(O[C@@H]5O[C@H](O)[C@@H](O)[C@H](O)[C@H]5CO)cc(O)cc4[o+]c3-c3cc(O)c(O)c(O)c3)[C@@H](O)[C@H](O)[C@H]2O)[C@@H](O)[C@H](O)[C@H]1OC(=O)/C=C/c1ccc(O)cc1. The Bertz CT molecular complexity index is 2320. The molecule has 3 fully saturated rings. The second kappa shape index (κ2) is 19.4. The van der Waals surface area contributed by atoms with E-state index in [2.05, 4.69) is 0 Å². The minimum atomic E-state index is -2.03. The highest BCUT2D eigenvalue weighted by molar-refractivity contribution is 5.89. The van der Waals surface area contributed by atoms with Crippen LogP contribution in [0.1, 0.15) is 12.5 Å². The van der Waals surface area contributed by atoms with Crippen molar-refractivity contribution in [1.82, 2.24) is 0 Å². The molecular weight excluding hydrogens is 872 g/mol. The quantitative estimate of drug-likeness (QED) is 0.0336. The number of benzene rings is 3. The lowest BCUT2D eigenvalue weighted by Crippen LogP contribution is -2.62. The smallest absolute Gasteiger partial charge is 0.402 e. The zero-order valence-electron chi connectivity index (χ0n) is 33.9. The number of carbonyl (C=O) groups excluding carboxylic acids is 1. The van der Waals surface area contributed by atoms with E-state index < -0.39 is 140 Å². The molecule has 3 aromatic carbocycles. The monoisotopic (exact) mass is 919 g/mol. The third kappa shape index (κ3) is 9.97. The van der Waals surface area contributed by atoms with Crippen molar-refractivity contribution in [3.8, 4) is 51.6 Å². The summed E-state index contributed by atoms with van der Waals surface area (Å²) in [4.78, 5) is 12.6. The molecule has 0 aliphatic carbocycles. The van der Waals surface area contributed by atoms with Gasteiger partial charge >= 0.3 is 17.3 Å². The van der Waals surface area contributed by atoms with Gasteiger partial charge in [0.05, 0.1) is 43.0 Å². The molecule has 0 spiro atoms. The number of rotatable bonds is 12. The fraction of sp³-hybridized carbons (Fsp3) is 0.429. The number of phenolic OH excluding ortho intramolecular Hbond substituents is 5. The number of esters is 1. The number of fused-ring (bicyclic) bond motifs is 1. The van der Waals surface area contributed by atoms with Crippen LogP contribution in [0.4, 0.5) is 0 Å². The zero-order chi connectivity index (χ0) is 47.0. The first-order valence-corrected chi connectivity index (χ1v) is 19.9. The second-order valence-corrected chi connectivity index (χ2v) is 15.5. The molecule has 1 aromatic heterocycles. The predicted octanol–water partition coefficient (Wildman–Crippen LogP) is -1.41. The molecule has 3 aliphatic heterocycles. The Morgan fingerprint density at radius 2 is 1.35 bits per heavy atom. The van der Waals surface area contributed by atoms with Gasteiger partial charge in [0.15, 0.2) is 35.9 Å². The molecule has 3 aliphatic rings. The Hall–Kier alpha value is -5.64. The first-order chi connectivity index (χ1) is 30.8. The number of hydrogen-bond acceptors (Lipinski definition) is 22. The summed E-state index contributed by atoms with van der Waals surface area (Å²) in [5.41, 5.74) is 0.166. The van der Waals surface area contributed by atoms with E-state index >= 15 is 0 Å². The Kier molecular flexibility index (Phi) is 14.2. The fourth-order valence-electron chi connectivity index (χ4n) is 7.32. The van der Waals surface area contributed by atoms with Gasteiger partial charge in [0, 0.05) is 30.3 Å². The summed E-state index contributed by atoms with van der Waals surface area (Å²) < 4.78 is 45.7. The summed E-state index contributed by atoms with van der Waals surface area (Å²) in [6, 6.07) is 11.1. The van der Waals surface area contributed by atoms with E-state index in [9.17, 15) is 76.3 Å². The third-order valence-corrected chi connectivity index (χ3v) is 11.0. The van der Waals surface area contributed by atoms with E-state index in [1.54, 1.807) is 0 Å². The van der Waals surface area contributed by atoms with Crippen molar-refractivity contribution in [2.75, 3.05) is 13.2 Å². The maximum Gasteiger partial charge on any atom is 0.402 e. The molecule has 4 aromatic rings. The van der Waals surface area contributed by atoms with Crippen molar-refractivity contribution in [2.24, 2.45) is 5.92 Å². The highest BCUT2D eigenvalue weighted by Crippen LogP contribution is 2.46. The molecule has 3 saturated heterocycles. The lowest BCUT2D eigenvalue weighted by Gasteiger charge is -2.42. The standard InChI is InChI=1S/C42H46O23/c1-15-37(64-28(48)7-4-16-2-5-18(44)6-3-16)33(53)36(56)41(59-15)58-14-27-31(51)32(52)35(55)42(63-27)62-26-12-20-24(60-38(26)17-8-22(46)30(50)23(47)9-17)10-19(45)11-25(20)61-40-21(13-43)29(49)34(54)39(57)65-40/h2-12,15,21,27,29,31-37,39-43,49,51-57H,13-14H2,1H3,(H4-,44,45,46,47,48,50)/p+1/t15-,21+,27-,29+,31-,32+,33-,34-,35-,36-,37-,39-,40+,41+,42+/m0/s1. The topological polar surface area (TPSA) is 376 Å². The number of carbonyl (C=O) groups is 1. The summed E-state index contributed by atoms with van der Waals surface area (Å²) in [6.07, 6.45) is -21.8. The zero-order valence-corrected chi connectivity index (χ0v) is 33.9. The Morgan fingerprint density at radius 1 is 0.692 bits per heavy atom. The molecule has 0 radical (unpaired) electrons. The second-order valence-electron chi connectivity index (χ2n) is 15.5. The molecule has 14 N–H and O–H groups in total. The Balaban J connectivity index is 1.12. The molecule has 0 amide bonds. The van der Waals surface area contributed by atoms with Crippen LogP contribution < -0.4 is 9.47 Å². The summed E-state index contributed by atoms with van der Waals surface area (Å²) >= 11 is 0. The van der Waals surface area contributed by atoms with Crippen molar-refractivity contribution in [2.45, 2.75) is 93.1 Å². The third-order valence-electron chi connectivity index (χ3n) is 11.0. The molecule has 23 nitrogen and oxygen atoms in total. The molecule has 0 unspecified atom stereocenters. The van der Waals surface area contributed by atoms with Crippen LogP contribution in [0, 0.1) is 5.92 Å². The average molecular weight is 920 g/mol. The molecule has 7 rings (SSSR count). The minimum absolute atomic E-state index is 0.0195. The first-order valence-electron chi connectivity index (χ1n) is 19.9. The number of phenols is 5. The van der Waals surface area contributed by atoms with Crippen molar-refractivity contribution in [1.29, 1.82) is 0 Å². The number of aliphatic hydroxyl groups excluding tert-OH is 9. The van der Waals surface area contributed by atoms with Crippen molar-refractivity contribution >= 4 is 23.0 Å². The van der Waals surface area contributed by atoms with E-state index in [0.717, 1.165) is 30.3 Å². The highest BCUT2D eigenvalue weighted by atomic mass is 16.7. The minimum Gasteiger partial charge on any atom is -0.508 e.